The van der Waals surface area contributed by atoms with Gasteiger partial charge in [0, 0.05) is 12.3 Å². The van der Waals surface area contributed by atoms with Crippen LogP contribution in [0.1, 0.15) is 30.7 Å². The van der Waals surface area contributed by atoms with E-state index in [-0.39, 0.29) is 0 Å². The third-order valence-electron chi connectivity index (χ3n) is 2.94. The van der Waals surface area contributed by atoms with Gasteiger partial charge in [-0.2, -0.15) is 5.10 Å². The Morgan fingerprint density at radius 2 is 2.27 bits per heavy atom. The van der Waals surface area contributed by atoms with Gasteiger partial charge in [0.15, 0.2) is 0 Å². The number of hydrogen-bond donors (Lipinski definition) is 0. The number of nitrogens with zero attached hydrogens (tertiary/aromatic N) is 2. The van der Waals surface area contributed by atoms with Crippen LogP contribution >= 0.6 is 22.6 Å². The van der Waals surface area contributed by atoms with Crippen molar-refractivity contribution in [2.75, 3.05) is 6.61 Å². The summed E-state index contributed by atoms with van der Waals surface area (Å²) in [6.45, 7) is 6.02. The van der Waals surface area contributed by atoms with Gasteiger partial charge in [-0.05, 0) is 55.7 Å². The Morgan fingerprint density at radius 1 is 1.47 bits per heavy atom. The van der Waals surface area contributed by atoms with E-state index in [1.54, 1.807) is 0 Å². The quantitative estimate of drug-likeness (QED) is 0.784. The topological polar surface area (TPSA) is 27.1 Å². The molecule has 1 aliphatic rings. The molecule has 84 valence electrons. The molecule has 15 heavy (non-hydrogen) atoms. The summed E-state index contributed by atoms with van der Waals surface area (Å²) in [5.41, 5.74) is 2.39. The molecule has 2 rings (SSSR count). The number of rotatable bonds is 2. The van der Waals surface area contributed by atoms with Crippen molar-refractivity contribution in [1.82, 2.24) is 9.78 Å². The van der Waals surface area contributed by atoms with E-state index in [0.717, 1.165) is 18.8 Å². The minimum Gasteiger partial charge on any atom is -0.376 e. The Bertz CT molecular complexity index is 343. The van der Waals surface area contributed by atoms with Gasteiger partial charge in [-0.15, -0.1) is 0 Å². The minimum atomic E-state index is 0.368. The van der Waals surface area contributed by atoms with E-state index in [1.807, 2.05) is 0 Å². The van der Waals surface area contributed by atoms with E-state index < -0.39 is 0 Å². The number of ether oxygens (including phenoxy) is 1. The highest BCUT2D eigenvalue weighted by Crippen LogP contribution is 2.19. The molecular weight excluding hydrogens is 303 g/mol. The molecular formula is C11H17IN2O. The highest BCUT2D eigenvalue weighted by molar-refractivity contribution is 14.1. The zero-order valence-corrected chi connectivity index (χ0v) is 11.5. The van der Waals surface area contributed by atoms with Crippen molar-refractivity contribution in [1.29, 1.82) is 0 Å². The Hall–Kier alpha value is -0.100. The van der Waals surface area contributed by atoms with Gasteiger partial charge in [-0.25, -0.2) is 0 Å². The molecule has 4 heteroatoms. The van der Waals surface area contributed by atoms with E-state index >= 15 is 0 Å². The molecule has 0 radical (unpaired) electrons. The first-order chi connectivity index (χ1) is 7.18. The lowest BCUT2D eigenvalue weighted by atomic mass is 10.1. The average Bonchev–Trinajstić information content (AvgIpc) is 2.48. The van der Waals surface area contributed by atoms with Crippen LogP contribution in [0.2, 0.25) is 0 Å². The Kier molecular flexibility index (Phi) is 3.66. The van der Waals surface area contributed by atoms with Gasteiger partial charge in [-0.1, -0.05) is 0 Å². The van der Waals surface area contributed by atoms with Crippen LogP contribution in [0, 0.1) is 17.4 Å². The molecule has 0 N–H and O–H groups in total. The maximum absolute atomic E-state index is 5.72. The van der Waals surface area contributed by atoms with Crippen LogP contribution in [0.5, 0.6) is 0 Å². The van der Waals surface area contributed by atoms with Crippen LogP contribution in [-0.2, 0) is 11.3 Å². The molecule has 0 amide bonds. The van der Waals surface area contributed by atoms with Crippen molar-refractivity contribution in [2.45, 2.75) is 45.8 Å². The molecule has 1 aliphatic heterocycles. The second kappa shape index (κ2) is 4.82. The van der Waals surface area contributed by atoms with Crippen LogP contribution in [0.4, 0.5) is 0 Å². The van der Waals surface area contributed by atoms with Crippen LogP contribution in [-0.4, -0.2) is 22.5 Å². The van der Waals surface area contributed by atoms with E-state index in [4.69, 9.17) is 4.74 Å². The van der Waals surface area contributed by atoms with Crippen molar-refractivity contribution < 1.29 is 4.74 Å². The Morgan fingerprint density at radius 3 is 2.80 bits per heavy atom. The summed E-state index contributed by atoms with van der Waals surface area (Å²) in [4.78, 5) is 0. The smallest absolute Gasteiger partial charge is 0.0771 e. The van der Waals surface area contributed by atoms with Crippen LogP contribution in [0.3, 0.4) is 0 Å². The van der Waals surface area contributed by atoms with Gasteiger partial charge in [0.1, 0.15) is 0 Å². The van der Waals surface area contributed by atoms with E-state index in [1.165, 1.54) is 28.5 Å². The summed E-state index contributed by atoms with van der Waals surface area (Å²) in [7, 11) is 0. The first-order valence-corrected chi connectivity index (χ1v) is 6.57. The zero-order chi connectivity index (χ0) is 10.8. The predicted octanol–water partition coefficient (Wildman–Crippen LogP) is 2.67. The molecule has 0 aromatic carbocycles. The minimum absolute atomic E-state index is 0.368. The zero-order valence-electron chi connectivity index (χ0n) is 9.29. The number of aromatic nitrogens is 2. The fourth-order valence-corrected chi connectivity index (χ4v) is 2.38. The van der Waals surface area contributed by atoms with E-state index in [2.05, 4.69) is 46.2 Å². The lowest BCUT2D eigenvalue weighted by Gasteiger charge is -2.22. The van der Waals surface area contributed by atoms with Gasteiger partial charge < -0.3 is 4.74 Å². The fourth-order valence-electron chi connectivity index (χ4n) is 2.00. The Labute approximate surface area is 104 Å². The van der Waals surface area contributed by atoms with Crippen LogP contribution in [0.15, 0.2) is 0 Å². The summed E-state index contributed by atoms with van der Waals surface area (Å²) >= 11 is 2.36. The fraction of sp³-hybridized carbons (Fsp3) is 0.727. The molecule has 1 atom stereocenters. The standard InChI is InChI=1S/C11H17IN2O/c1-8-11(12)9(2)14(13-8)7-10-5-3-4-6-15-10/h10H,3-7H2,1-2H3. The largest absolute Gasteiger partial charge is 0.376 e. The molecule has 0 bridgehead atoms. The highest BCUT2D eigenvalue weighted by atomic mass is 127. The summed E-state index contributed by atoms with van der Waals surface area (Å²) in [6, 6.07) is 0. The monoisotopic (exact) mass is 320 g/mol. The maximum atomic E-state index is 5.72. The summed E-state index contributed by atoms with van der Waals surface area (Å²) in [6.07, 6.45) is 4.05. The summed E-state index contributed by atoms with van der Waals surface area (Å²) in [5, 5.41) is 4.53. The predicted molar refractivity (Wildman–Crippen MR) is 68.0 cm³/mol. The van der Waals surface area contributed by atoms with Crippen molar-refractivity contribution in [3.8, 4) is 0 Å². The summed E-state index contributed by atoms with van der Waals surface area (Å²) < 4.78 is 9.09. The molecule has 0 spiro atoms. The molecule has 3 nitrogen and oxygen atoms in total. The SMILES string of the molecule is Cc1nn(CC2CCCCO2)c(C)c1I. The molecule has 1 aromatic rings. The second-order valence-corrected chi connectivity index (χ2v) is 5.23. The number of halogens is 1. The summed E-state index contributed by atoms with van der Waals surface area (Å²) in [5.74, 6) is 0. The molecule has 2 heterocycles. The van der Waals surface area contributed by atoms with Crippen LogP contribution < -0.4 is 0 Å². The lowest BCUT2D eigenvalue weighted by molar-refractivity contribution is 0.00360. The third-order valence-corrected chi connectivity index (χ3v) is 4.50. The molecule has 0 saturated carbocycles. The molecule has 0 aliphatic carbocycles. The number of hydrogen-bond acceptors (Lipinski definition) is 2. The average molecular weight is 320 g/mol. The van der Waals surface area contributed by atoms with Gasteiger partial charge >= 0.3 is 0 Å². The van der Waals surface area contributed by atoms with Gasteiger partial charge in [0.2, 0.25) is 0 Å². The first kappa shape index (κ1) is 11.4. The second-order valence-electron chi connectivity index (χ2n) is 4.16. The third kappa shape index (κ3) is 2.53. The maximum Gasteiger partial charge on any atom is 0.0771 e. The van der Waals surface area contributed by atoms with Gasteiger partial charge in [-0.3, -0.25) is 4.68 Å². The van der Waals surface area contributed by atoms with Crippen molar-refractivity contribution in [3.63, 3.8) is 0 Å². The first-order valence-electron chi connectivity index (χ1n) is 5.49. The molecule has 1 unspecified atom stereocenters. The van der Waals surface area contributed by atoms with Gasteiger partial charge in [0.25, 0.3) is 0 Å². The highest BCUT2D eigenvalue weighted by Gasteiger charge is 2.17. The normalized spacial score (nSPS) is 21.9. The van der Waals surface area contributed by atoms with Crippen LogP contribution in [0.25, 0.3) is 0 Å². The van der Waals surface area contributed by atoms with Crippen molar-refractivity contribution >= 4 is 22.6 Å². The van der Waals surface area contributed by atoms with Crippen molar-refractivity contribution in [2.24, 2.45) is 0 Å². The van der Waals surface area contributed by atoms with E-state index in [0.29, 0.717) is 6.10 Å². The molecule has 1 saturated heterocycles. The Balaban J connectivity index is 2.06. The number of aryl methyl sites for hydroxylation is 1. The van der Waals surface area contributed by atoms with Crippen molar-refractivity contribution in [3.05, 3.63) is 15.0 Å². The molecule has 1 aromatic heterocycles. The van der Waals surface area contributed by atoms with E-state index in [9.17, 15) is 0 Å². The molecule has 1 fully saturated rings. The lowest BCUT2D eigenvalue weighted by Crippen LogP contribution is -2.25. The van der Waals surface area contributed by atoms with Gasteiger partial charge in [0.05, 0.1) is 21.9 Å².